The molecule has 26 heavy (non-hydrogen) atoms. The summed E-state index contributed by atoms with van der Waals surface area (Å²) >= 11 is 5.80. The highest BCUT2D eigenvalue weighted by Crippen LogP contribution is 2.39. The van der Waals surface area contributed by atoms with Gasteiger partial charge in [0.1, 0.15) is 17.5 Å². The molecule has 1 aliphatic carbocycles. The van der Waals surface area contributed by atoms with Crippen molar-refractivity contribution in [2.24, 2.45) is 4.99 Å². The third-order valence-corrected chi connectivity index (χ3v) is 5.54. The largest absolute Gasteiger partial charge is 0.371 e. The van der Waals surface area contributed by atoms with Gasteiger partial charge >= 0.3 is 0 Å². The lowest BCUT2D eigenvalue weighted by Gasteiger charge is -2.44. The predicted octanol–water partition coefficient (Wildman–Crippen LogP) is 5.76. The molecule has 2 aromatic carbocycles. The summed E-state index contributed by atoms with van der Waals surface area (Å²) in [5.41, 5.74) is 1.55. The molecule has 2 aromatic rings. The third-order valence-electron chi connectivity index (χ3n) is 5.25. The Hall–Kier alpha value is -2.14. The smallest absolute Gasteiger partial charge is 0.149 e. The molecular formula is C20H20ClF2N3. The molecule has 0 aromatic heterocycles. The summed E-state index contributed by atoms with van der Waals surface area (Å²) in [6.07, 6.45) is 5.25. The van der Waals surface area contributed by atoms with Crippen LogP contribution in [0.4, 0.5) is 20.2 Å². The highest BCUT2D eigenvalue weighted by atomic mass is 35.5. The molecule has 6 heteroatoms. The van der Waals surface area contributed by atoms with Crippen molar-refractivity contribution in [3.05, 3.63) is 58.6 Å². The molecule has 0 saturated heterocycles. The van der Waals surface area contributed by atoms with Gasteiger partial charge in [0.2, 0.25) is 0 Å². The van der Waals surface area contributed by atoms with Crippen LogP contribution < -0.4 is 10.6 Å². The zero-order valence-electron chi connectivity index (χ0n) is 14.3. The summed E-state index contributed by atoms with van der Waals surface area (Å²) in [5, 5.41) is 6.93. The van der Waals surface area contributed by atoms with Crippen molar-refractivity contribution in [2.75, 3.05) is 10.6 Å². The maximum Gasteiger partial charge on any atom is 0.149 e. The molecule has 0 radical (unpaired) electrons. The molecule has 1 heterocycles. The van der Waals surface area contributed by atoms with Gasteiger partial charge in [-0.25, -0.2) is 8.78 Å². The van der Waals surface area contributed by atoms with Crippen molar-refractivity contribution >= 4 is 28.8 Å². The van der Waals surface area contributed by atoms with Crippen LogP contribution in [0.5, 0.6) is 0 Å². The van der Waals surface area contributed by atoms with E-state index in [0.717, 1.165) is 42.9 Å². The highest BCUT2D eigenvalue weighted by Gasteiger charge is 2.40. The number of fused-ring (bicyclic) bond motifs is 1. The summed E-state index contributed by atoms with van der Waals surface area (Å²) in [6, 6.07) is 10.3. The standard InChI is InChI=1S/C20H20ClF2N3/c21-14-8-9-15(22)13(18(14)23)12-24-19-20(10-4-1-5-11-20)26-17-7-3-2-6-16(17)25-19/h2-3,6-9,26H,1,4-5,10-12H2,(H,24,25). The Balaban J connectivity index is 1.71. The van der Waals surface area contributed by atoms with Crippen LogP contribution in [0, 0.1) is 11.6 Å². The molecule has 2 N–H and O–H groups in total. The first-order valence-electron chi connectivity index (χ1n) is 8.91. The maximum absolute atomic E-state index is 14.2. The molecule has 1 saturated carbocycles. The number of para-hydroxylation sites is 2. The fourth-order valence-electron chi connectivity index (χ4n) is 3.85. The number of halogens is 3. The third kappa shape index (κ3) is 3.05. The second-order valence-corrected chi connectivity index (χ2v) is 7.33. The molecule has 1 spiro atoms. The summed E-state index contributed by atoms with van der Waals surface area (Å²) in [7, 11) is 0. The minimum absolute atomic E-state index is 0.0888. The Morgan fingerprint density at radius 1 is 1.00 bits per heavy atom. The van der Waals surface area contributed by atoms with Crippen molar-refractivity contribution < 1.29 is 8.78 Å². The topological polar surface area (TPSA) is 36.4 Å². The van der Waals surface area contributed by atoms with Gasteiger partial charge < -0.3 is 10.6 Å². The van der Waals surface area contributed by atoms with Gasteiger partial charge in [-0.1, -0.05) is 43.0 Å². The summed E-state index contributed by atoms with van der Waals surface area (Å²) in [4.78, 5) is 4.60. The van der Waals surface area contributed by atoms with E-state index in [1.54, 1.807) is 0 Å². The highest BCUT2D eigenvalue weighted by molar-refractivity contribution is 6.30. The van der Waals surface area contributed by atoms with Crippen LogP contribution in [0.15, 0.2) is 41.4 Å². The Kier molecular flexibility index (Phi) is 4.57. The van der Waals surface area contributed by atoms with E-state index in [0.29, 0.717) is 0 Å². The van der Waals surface area contributed by atoms with Gasteiger partial charge in [0, 0.05) is 5.56 Å². The monoisotopic (exact) mass is 375 g/mol. The van der Waals surface area contributed by atoms with Crippen LogP contribution in [0.25, 0.3) is 0 Å². The Bertz CT molecular complexity index is 860. The first kappa shape index (κ1) is 17.3. The lowest BCUT2D eigenvalue weighted by atomic mass is 9.79. The zero-order valence-corrected chi connectivity index (χ0v) is 15.0. The van der Waals surface area contributed by atoms with E-state index in [2.05, 4.69) is 15.6 Å². The van der Waals surface area contributed by atoms with Crippen LogP contribution in [0.2, 0.25) is 5.02 Å². The Labute approximate surface area is 156 Å². The number of aliphatic imine (C=N–C) groups is 1. The molecule has 0 unspecified atom stereocenters. The van der Waals surface area contributed by atoms with Gasteiger partial charge in [-0.15, -0.1) is 0 Å². The first-order valence-corrected chi connectivity index (χ1v) is 9.28. The van der Waals surface area contributed by atoms with E-state index in [-0.39, 0.29) is 22.7 Å². The second kappa shape index (κ2) is 6.88. The van der Waals surface area contributed by atoms with E-state index in [4.69, 9.17) is 11.6 Å². The lowest BCUT2D eigenvalue weighted by Crippen LogP contribution is -2.53. The molecule has 0 bridgehead atoms. The van der Waals surface area contributed by atoms with E-state index in [9.17, 15) is 8.78 Å². The minimum Gasteiger partial charge on any atom is -0.371 e. The number of hydrogen-bond acceptors (Lipinski definition) is 2. The molecule has 3 nitrogen and oxygen atoms in total. The number of hydrogen-bond donors (Lipinski definition) is 2. The maximum atomic E-state index is 14.2. The lowest BCUT2D eigenvalue weighted by molar-refractivity contribution is 0.402. The first-order chi connectivity index (χ1) is 12.6. The van der Waals surface area contributed by atoms with Crippen LogP contribution >= 0.6 is 11.6 Å². The summed E-state index contributed by atoms with van der Waals surface area (Å²) in [6.45, 7) is -0.0911. The fourth-order valence-corrected chi connectivity index (χ4v) is 4.02. The van der Waals surface area contributed by atoms with E-state index >= 15 is 0 Å². The fraction of sp³-hybridized carbons (Fsp3) is 0.350. The molecule has 1 fully saturated rings. The van der Waals surface area contributed by atoms with Crippen molar-refractivity contribution in [2.45, 2.75) is 44.2 Å². The van der Waals surface area contributed by atoms with Gasteiger partial charge in [-0.05, 0) is 37.1 Å². The Morgan fingerprint density at radius 3 is 2.50 bits per heavy atom. The molecule has 0 amide bonds. The molecular weight excluding hydrogens is 356 g/mol. The van der Waals surface area contributed by atoms with E-state index in [1.165, 1.54) is 18.6 Å². The molecule has 1 aliphatic heterocycles. The van der Waals surface area contributed by atoms with Crippen molar-refractivity contribution in [3.63, 3.8) is 0 Å². The zero-order chi connectivity index (χ0) is 18.1. The van der Waals surface area contributed by atoms with Crippen LogP contribution in [-0.4, -0.2) is 11.4 Å². The molecule has 136 valence electrons. The number of nitrogens with zero attached hydrogens (tertiary/aromatic N) is 1. The van der Waals surface area contributed by atoms with Gasteiger partial charge in [-0.3, -0.25) is 4.99 Å². The Morgan fingerprint density at radius 2 is 1.73 bits per heavy atom. The summed E-state index contributed by atoms with van der Waals surface area (Å²) < 4.78 is 28.3. The van der Waals surface area contributed by atoms with Gasteiger partial charge in [-0.2, -0.15) is 0 Å². The summed E-state index contributed by atoms with van der Waals surface area (Å²) in [5.74, 6) is -0.620. The van der Waals surface area contributed by atoms with Crippen molar-refractivity contribution in [3.8, 4) is 0 Å². The number of amidine groups is 1. The number of anilines is 2. The number of nitrogens with one attached hydrogen (secondary N) is 2. The van der Waals surface area contributed by atoms with Crippen molar-refractivity contribution in [1.29, 1.82) is 0 Å². The number of benzene rings is 2. The predicted molar refractivity (Wildman–Crippen MR) is 102 cm³/mol. The molecule has 4 rings (SSSR count). The normalized spacial score (nSPS) is 19.7. The van der Waals surface area contributed by atoms with Crippen LogP contribution in [-0.2, 0) is 6.54 Å². The van der Waals surface area contributed by atoms with Crippen LogP contribution in [0.3, 0.4) is 0 Å². The second-order valence-electron chi connectivity index (χ2n) is 6.92. The quantitative estimate of drug-likeness (QED) is 0.655. The van der Waals surface area contributed by atoms with Crippen molar-refractivity contribution in [1.82, 2.24) is 0 Å². The van der Waals surface area contributed by atoms with Crippen LogP contribution in [0.1, 0.15) is 37.7 Å². The van der Waals surface area contributed by atoms with Gasteiger partial charge in [0.05, 0.1) is 28.5 Å². The van der Waals surface area contributed by atoms with E-state index < -0.39 is 11.6 Å². The SMILES string of the molecule is Fc1ccc(Cl)c(F)c1CN=C1Nc2ccccc2NC12CCCCC2. The minimum atomic E-state index is -0.738. The van der Waals surface area contributed by atoms with E-state index in [1.807, 2.05) is 24.3 Å². The molecule has 2 aliphatic rings. The molecule has 0 atom stereocenters. The average Bonchev–Trinajstić information content (AvgIpc) is 2.66. The average molecular weight is 376 g/mol. The van der Waals surface area contributed by atoms with Gasteiger partial charge in [0.25, 0.3) is 0 Å². The number of rotatable bonds is 2. The van der Waals surface area contributed by atoms with Gasteiger partial charge in [0.15, 0.2) is 0 Å².